The number of halogens is 2. The molecule has 1 aromatic carbocycles. The highest BCUT2D eigenvalue weighted by Gasteiger charge is 2.37. The van der Waals surface area contributed by atoms with Gasteiger partial charge < -0.3 is 9.47 Å². The zero-order valence-corrected chi connectivity index (χ0v) is 14.5. The molecule has 0 fully saturated rings. The third-order valence-corrected chi connectivity index (χ3v) is 4.89. The molecular formula is C17H14BrClO4. The molecule has 2 unspecified atom stereocenters. The average molecular weight is 398 g/mol. The van der Waals surface area contributed by atoms with E-state index in [0.29, 0.717) is 28.9 Å². The number of ether oxygens (including phenoxy) is 2. The van der Waals surface area contributed by atoms with Crippen LogP contribution in [0, 0.1) is 11.8 Å². The van der Waals surface area contributed by atoms with E-state index in [1.807, 2.05) is 6.08 Å². The molecular weight excluding hydrogens is 384 g/mol. The van der Waals surface area contributed by atoms with Crippen molar-refractivity contribution in [2.75, 3.05) is 5.33 Å². The van der Waals surface area contributed by atoms with Crippen molar-refractivity contribution in [2.45, 2.75) is 12.8 Å². The summed E-state index contributed by atoms with van der Waals surface area (Å²) in [6.45, 7) is 0. The van der Waals surface area contributed by atoms with Gasteiger partial charge in [-0.3, -0.25) is 9.59 Å². The highest BCUT2D eigenvalue weighted by Crippen LogP contribution is 2.35. The fourth-order valence-corrected chi connectivity index (χ4v) is 3.25. The third-order valence-electron chi connectivity index (χ3n) is 3.82. The van der Waals surface area contributed by atoms with Crippen LogP contribution < -0.4 is 4.74 Å². The van der Waals surface area contributed by atoms with Crippen LogP contribution in [0.5, 0.6) is 5.75 Å². The second-order valence-electron chi connectivity index (χ2n) is 5.50. The van der Waals surface area contributed by atoms with E-state index in [1.165, 1.54) is 6.07 Å². The van der Waals surface area contributed by atoms with Crippen molar-refractivity contribution < 1.29 is 19.1 Å². The zero-order valence-electron chi connectivity index (χ0n) is 12.1. The second-order valence-corrected chi connectivity index (χ2v) is 6.59. The number of rotatable bonds is 3. The highest BCUT2D eigenvalue weighted by atomic mass is 79.9. The molecule has 6 heteroatoms. The third kappa shape index (κ3) is 3.67. The maximum absolute atomic E-state index is 12.3. The maximum Gasteiger partial charge on any atom is 0.326 e. The van der Waals surface area contributed by atoms with E-state index >= 15 is 0 Å². The summed E-state index contributed by atoms with van der Waals surface area (Å²) in [4.78, 5) is 24.4. The van der Waals surface area contributed by atoms with Gasteiger partial charge >= 0.3 is 11.9 Å². The van der Waals surface area contributed by atoms with Crippen molar-refractivity contribution in [1.29, 1.82) is 0 Å². The van der Waals surface area contributed by atoms with Crippen LogP contribution in [0.1, 0.15) is 12.8 Å². The lowest BCUT2D eigenvalue weighted by Crippen LogP contribution is -2.34. The summed E-state index contributed by atoms with van der Waals surface area (Å²) < 4.78 is 10.6. The lowest BCUT2D eigenvalue weighted by molar-refractivity contribution is -0.155. The molecule has 1 aliphatic carbocycles. The molecule has 1 heterocycles. The van der Waals surface area contributed by atoms with Gasteiger partial charge in [0.05, 0.1) is 0 Å². The summed E-state index contributed by atoms with van der Waals surface area (Å²) in [6, 6.07) is 6.51. The zero-order chi connectivity index (χ0) is 16.4. The van der Waals surface area contributed by atoms with Crippen molar-refractivity contribution >= 4 is 39.5 Å². The first-order valence-electron chi connectivity index (χ1n) is 7.22. The van der Waals surface area contributed by atoms with Crippen LogP contribution in [0.4, 0.5) is 0 Å². The van der Waals surface area contributed by atoms with E-state index in [4.69, 9.17) is 21.1 Å². The smallest absolute Gasteiger partial charge is 0.326 e. The first kappa shape index (κ1) is 16.3. The number of alkyl halides is 1. The van der Waals surface area contributed by atoms with Crippen LogP contribution in [0.2, 0.25) is 5.02 Å². The lowest BCUT2D eigenvalue weighted by Gasteiger charge is -2.27. The van der Waals surface area contributed by atoms with Gasteiger partial charge in [-0.2, -0.15) is 0 Å². The summed E-state index contributed by atoms with van der Waals surface area (Å²) in [5.41, 5.74) is 0.976. The summed E-state index contributed by atoms with van der Waals surface area (Å²) in [5, 5.41) is 1.29. The molecule has 2 aliphatic rings. The Labute approximate surface area is 147 Å². The fraction of sp³-hybridized carbons (Fsp3) is 0.294. The molecule has 0 saturated carbocycles. The Morgan fingerprint density at radius 3 is 2.96 bits per heavy atom. The SMILES string of the molecule is O=C1OC2=C(CC(CBr)C=C2)CC1C(=O)Oc1cccc(Cl)c1. The summed E-state index contributed by atoms with van der Waals surface area (Å²) in [7, 11) is 0. The first-order valence-corrected chi connectivity index (χ1v) is 8.72. The van der Waals surface area contributed by atoms with E-state index < -0.39 is 17.9 Å². The molecule has 1 aliphatic heterocycles. The Kier molecular flexibility index (Phi) is 4.87. The Balaban J connectivity index is 1.73. The number of allylic oxidation sites excluding steroid dienone is 3. The summed E-state index contributed by atoms with van der Waals surface area (Å²) in [6.07, 6.45) is 4.92. The molecule has 120 valence electrons. The average Bonchev–Trinajstić information content (AvgIpc) is 2.53. The number of carbonyl (C=O) groups is 2. The Hall–Kier alpha value is -1.59. The van der Waals surface area contributed by atoms with E-state index in [1.54, 1.807) is 24.3 Å². The quantitative estimate of drug-likeness (QED) is 0.334. The van der Waals surface area contributed by atoms with Gasteiger partial charge in [0.25, 0.3) is 0 Å². The van der Waals surface area contributed by atoms with E-state index in [0.717, 1.165) is 17.3 Å². The van der Waals surface area contributed by atoms with Gasteiger partial charge in [-0.25, -0.2) is 0 Å². The first-order chi connectivity index (χ1) is 11.1. The fourth-order valence-electron chi connectivity index (χ4n) is 2.63. The van der Waals surface area contributed by atoms with Gasteiger partial charge in [-0.1, -0.05) is 39.7 Å². The standard InChI is InChI=1S/C17H14BrClO4/c18-9-10-4-5-15-11(6-10)7-14(17(21)23-15)16(20)22-13-3-1-2-12(19)8-13/h1-5,8,10,14H,6-7,9H2. The van der Waals surface area contributed by atoms with Crippen molar-refractivity contribution in [3.05, 3.63) is 52.8 Å². The molecule has 3 rings (SSSR count). The van der Waals surface area contributed by atoms with Gasteiger partial charge in [0.2, 0.25) is 0 Å². The Morgan fingerprint density at radius 2 is 2.22 bits per heavy atom. The molecule has 0 radical (unpaired) electrons. The normalized spacial score (nSPS) is 23.3. The minimum Gasteiger partial charge on any atom is -0.426 e. The van der Waals surface area contributed by atoms with E-state index in [9.17, 15) is 9.59 Å². The van der Waals surface area contributed by atoms with Crippen LogP contribution in [0.15, 0.2) is 47.7 Å². The molecule has 23 heavy (non-hydrogen) atoms. The number of hydrogen-bond donors (Lipinski definition) is 0. The molecule has 0 amide bonds. The second kappa shape index (κ2) is 6.89. The monoisotopic (exact) mass is 396 g/mol. The van der Waals surface area contributed by atoms with Crippen LogP contribution in [-0.4, -0.2) is 17.3 Å². The van der Waals surface area contributed by atoms with Gasteiger partial charge in [0, 0.05) is 10.4 Å². The Bertz CT molecular complexity index is 710. The number of esters is 2. The van der Waals surface area contributed by atoms with Crippen LogP contribution in [0.3, 0.4) is 0 Å². The van der Waals surface area contributed by atoms with E-state index in [-0.39, 0.29) is 0 Å². The Morgan fingerprint density at radius 1 is 1.39 bits per heavy atom. The van der Waals surface area contributed by atoms with Crippen molar-refractivity contribution in [2.24, 2.45) is 11.8 Å². The minimum atomic E-state index is -0.935. The molecule has 0 spiro atoms. The van der Waals surface area contributed by atoms with Gasteiger partial charge in [-0.15, -0.1) is 0 Å². The van der Waals surface area contributed by atoms with Crippen molar-refractivity contribution in [3.8, 4) is 5.75 Å². The molecule has 4 nitrogen and oxygen atoms in total. The van der Waals surface area contributed by atoms with Gasteiger partial charge in [0.15, 0.2) is 5.92 Å². The highest BCUT2D eigenvalue weighted by molar-refractivity contribution is 9.09. The van der Waals surface area contributed by atoms with Crippen LogP contribution in [0.25, 0.3) is 0 Å². The largest absolute Gasteiger partial charge is 0.426 e. The van der Waals surface area contributed by atoms with Crippen molar-refractivity contribution in [3.63, 3.8) is 0 Å². The maximum atomic E-state index is 12.3. The van der Waals surface area contributed by atoms with E-state index in [2.05, 4.69) is 15.9 Å². The number of hydrogen-bond acceptors (Lipinski definition) is 4. The molecule has 2 atom stereocenters. The predicted molar refractivity (Wildman–Crippen MR) is 89.4 cm³/mol. The molecule has 0 N–H and O–H groups in total. The van der Waals surface area contributed by atoms with Gasteiger partial charge in [0.1, 0.15) is 11.5 Å². The number of carbonyl (C=O) groups excluding carboxylic acids is 2. The number of benzene rings is 1. The van der Waals surface area contributed by atoms with Crippen molar-refractivity contribution in [1.82, 2.24) is 0 Å². The predicted octanol–water partition coefficient (Wildman–Crippen LogP) is 4.03. The topological polar surface area (TPSA) is 52.6 Å². The molecule has 0 bridgehead atoms. The summed E-state index contributed by atoms with van der Waals surface area (Å²) >= 11 is 9.31. The van der Waals surface area contributed by atoms with Gasteiger partial charge in [-0.05, 0) is 48.6 Å². The molecule has 0 saturated heterocycles. The molecule has 0 aromatic heterocycles. The van der Waals surface area contributed by atoms with Crippen LogP contribution >= 0.6 is 27.5 Å². The lowest BCUT2D eigenvalue weighted by atomic mass is 9.86. The summed E-state index contributed by atoms with van der Waals surface area (Å²) in [5.74, 6) is -0.896. The molecule has 1 aromatic rings. The minimum absolute atomic E-state index is 0.317. The van der Waals surface area contributed by atoms with Crippen LogP contribution in [-0.2, 0) is 14.3 Å².